The fraction of sp³-hybridized carbons (Fsp3) is 0.722. The molecule has 4 N–H and O–H groups in total. The van der Waals surface area contributed by atoms with Crippen LogP contribution in [0.4, 0.5) is 0 Å². The Labute approximate surface area is 292 Å². The van der Waals surface area contributed by atoms with Crippen molar-refractivity contribution in [2.75, 3.05) is 45.4 Å². The van der Waals surface area contributed by atoms with Crippen molar-refractivity contribution in [1.82, 2.24) is 21.3 Å². The van der Waals surface area contributed by atoms with Gasteiger partial charge in [-0.05, 0) is 67.1 Å². The first-order chi connectivity index (χ1) is 20.9. The molecule has 0 spiro atoms. The maximum atomic E-state index is 4.05. The van der Waals surface area contributed by atoms with Gasteiger partial charge in [0.15, 0.2) is 0 Å². The molecule has 4 saturated carbocycles. The van der Waals surface area contributed by atoms with Crippen molar-refractivity contribution in [3.05, 3.63) is 47.5 Å². The minimum absolute atomic E-state index is 0. The predicted octanol–water partition coefficient (Wildman–Crippen LogP) is 4.66. The first-order valence-electron chi connectivity index (χ1n) is 17.8. The van der Waals surface area contributed by atoms with Crippen LogP contribution >= 0.6 is 18.5 Å². The average molecular weight is 725 g/mol. The molecule has 2 saturated heterocycles. The summed E-state index contributed by atoms with van der Waals surface area (Å²) in [5.41, 5.74) is 3.93. The van der Waals surface area contributed by atoms with Gasteiger partial charge in [-0.2, -0.15) is 27.6 Å². The Kier molecular flexibility index (Phi) is 11.6. The van der Waals surface area contributed by atoms with E-state index >= 15 is 0 Å². The molecule has 2 heterocycles. The Morgan fingerprint density at radius 1 is 0.800 bits per heavy atom. The summed E-state index contributed by atoms with van der Waals surface area (Å²) in [6, 6.07) is 13.6. The van der Waals surface area contributed by atoms with Crippen molar-refractivity contribution in [2.24, 2.45) is 23.7 Å². The SMILES string of the molecule is C[Si](C)(C)c1c(C2(CP)C3CC4CC(C3)CC2C4)c(C(P)(C2CNCCN2)C2CNCCN2)c[c-]1[Si](C)(C)C.[Fe].[cH-]1[cH-][cH-][cH-][cH-]1. The van der Waals surface area contributed by atoms with Crippen LogP contribution in [0.3, 0.4) is 0 Å². The minimum Gasteiger partial charge on any atom is -0.748 e. The molecule has 2 aromatic carbocycles. The standard InChI is InChI=1S/C31H57N4P2Si2.C5H5.Fe/c1-38(2,3)25-16-24(31(37,26-17-32-7-9-34-26)27-18-33-8-10-35-27)28(29(25)39(4,5)6)30(19-36)22-12-20-11-21(14-22)15-23(30)13-20;1-2-4-5-3-1;/h16,20-23,26-27,32-35H,7-15,17-19,36-37H2,1-6H3;1-5H;/q-1;-5;. The van der Waals surface area contributed by atoms with Crippen LogP contribution in [0.15, 0.2) is 36.4 Å². The van der Waals surface area contributed by atoms with Gasteiger partial charge < -0.3 is 51.6 Å². The topological polar surface area (TPSA) is 48.1 Å². The molecule has 0 aromatic heterocycles. The van der Waals surface area contributed by atoms with Crippen molar-refractivity contribution < 1.29 is 17.1 Å². The smallest absolute Gasteiger partial charge is 0.0508 e. The molecule has 0 amide bonds. The molecule has 2 aliphatic heterocycles. The zero-order valence-electron chi connectivity index (χ0n) is 28.9. The molecule has 4 aliphatic carbocycles. The summed E-state index contributed by atoms with van der Waals surface area (Å²) >= 11 is 0. The van der Waals surface area contributed by atoms with Gasteiger partial charge in [-0.15, -0.1) is 18.5 Å². The second-order valence-electron chi connectivity index (χ2n) is 17.1. The predicted molar refractivity (Wildman–Crippen MR) is 204 cm³/mol. The van der Waals surface area contributed by atoms with Gasteiger partial charge in [-0.25, -0.2) is 0 Å². The zero-order valence-corrected chi connectivity index (χ0v) is 34.3. The largest absolute Gasteiger partial charge is 0.748 e. The Balaban J connectivity index is 0.000000609. The normalized spacial score (nSPS) is 34.4. The van der Waals surface area contributed by atoms with E-state index in [1.165, 1.54) is 38.3 Å². The van der Waals surface area contributed by atoms with Crippen molar-refractivity contribution >= 4 is 45.0 Å². The molecule has 4 atom stereocenters. The summed E-state index contributed by atoms with van der Waals surface area (Å²) in [6.07, 6.45) is 8.70. The molecule has 8 rings (SSSR count). The van der Waals surface area contributed by atoms with E-state index in [4.69, 9.17) is 0 Å². The summed E-state index contributed by atoms with van der Waals surface area (Å²) in [4.78, 5) is 0. The molecule has 9 heteroatoms. The van der Waals surface area contributed by atoms with E-state index in [-0.39, 0.29) is 22.2 Å². The number of nitrogens with one attached hydrogen (secondary N) is 4. The Morgan fingerprint density at radius 2 is 1.27 bits per heavy atom. The summed E-state index contributed by atoms with van der Waals surface area (Å²) in [6.45, 7) is 22.2. The number of piperazine rings is 2. The zero-order chi connectivity index (χ0) is 31.3. The molecule has 45 heavy (non-hydrogen) atoms. The first kappa shape index (κ1) is 36.6. The van der Waals surface area contributed by atoms with Gasteiger partial charge in [-0.1, -0.05) is 44.7 Å². The fourth-order valence-corrected chi connectivity index (χ4v) is 17.8. The maximum Gasteiger partial charge on any atom is 0.0508 e. The van der Waals surface area contributed by atoms with Crippen molar-refractivity contribution in [2.45, 2.75) is 94.0 Å². The molecule has 6 fully saturated rings. The van der Waals surface area contributed by atoms with Gasteiger partial charge in [0.1, 0.15) is 0 Å². The molecule has 4 bridgehead atoms. The fourth-order valence-electron chi connectivity index (χ4n) is 10.5. The summed E-state index contributed by atoms with van der Waals surface area (Å²) in [5.74, 6) is 3.72. The van der Waals surface area contributed by atoms with Crippen molar-refractivity contribution in [3.8, 4) is 0 Å². The van der Waals surface area contributed by atoms with E-state index in [0.29, 0.717) is 17.5 Å². The summed E-state index contributed by atoms with van der Waals surface area (Å²) in [7, 11) is 3.69. The molecular weight excluding hydrogens is 662 g/mol. The van der Waals surface area contributed by atoms with Crippen molar-refractivity contribution in [1.29, 1.82) is 0 Å². The van der Waals surface area contributed by atoms with Crippen LogP contribution in [0, 0.1) is 23.7 Å². The molecular formula is C36H62FeN4P2Si2-6. The molecule has 4 unspecified atom stereocenters. The monoisotopic (exact) mass is 724 g/mol. The third kappa shape index (κ3) is 6.78. The average Bonchev–Trinajstić information content (AvgIpc) is 3.71. The van der Waals surface area contributed by atoms with E-state index in [2.05, 4.69) is 85.1 Å². The van der Waals surface area contributed by atoms with Gasteiger partial charge in [-0.3, -0.25) is 0 Å². The van der Waals surface area contributed by atoms with Gasteiger partial charge in [0.05, 0.1) is 8.07 Å². The number of hydrogen-bond donors (Lipinski definition) is 4. The second-order valence-corrected chi connectivity index (χ2v) is 28.5. The molecule has 6 aliphatic rings. The van der Waals surface area contributed by atoms with E-state index in [1.54, 1.807) is 10.8 Å². The Morgan fingerprint density at radius 3 is 1.62 bits per heavy atom. The molecule has 2 aromatic rings. The van der Waals surface area contributed by atoms with Crippen LogP contribution in [0.5, 0.6) is 0 Å². The summed E-state index contributed by atoms with van der Waals surface area (Å²) in [5, 5.41) is 19.3. The number of rotatable bonds is 7. The van der Waals surface area contributed by atoms with Crippen LogP contribution in [0.1, 0.15) is 43.2 Å². The minimum atomic E-state index is -1.65. The first-order valence-corrected chi connectivity index (χ1v) is 26.2. The Bertz CT molecular complexity index is 1180. The summed E-state index contributed by atoms with van der Waals surface area (Å²) < 4.78 is 0. The second kappa shape index (κ2) is 14.3. The van der Waals surface area contributed by atoms with Crippen LogP contribution in [0.25, 0.3) is 0 Å². The quantitative estimate of drug-likeness (QED) is 0.191. The van der Waals surface area contributed by atoms with E-state index in [0.717, 1.165) is 62.9 Å². The van der Waals surface area contributed by atoms with Gasteiger partial charge in [0, 0.05) is 76.5 Å². The van der Waals surface area contributed by atoms with E-state index in [1.807, 2.05) is 41.1 Å². The van der Waals surface area contributed by atoms with Crippen molar-refractivity contribution in [3.63, 3.8) is 0 Å². The van der Waals surface area contributed by atoms with Crippen LogP contribution in [0.2, 0.25) is 39.3 Å². The van der Waals surface area contributed by atoms with E-state index in [9.17, 15) is 0 Å². The van der Waals surface area contributed by atoms with E-state index < -0.39 is 16.1 Å². The van der Waals surface area contributed by atoms with Gasteiger partial charge >= 0.3 is 0 Å². The van der Waals surface area contributed by atoms with Crippen LogP contribution < -0.4 is 31.6 Å². The van der Waals surface area contributed by atoms with Crippen LogP contribution in [-0.4, -0.2) is 73.7 Å². The van der Waals surface area contributed by atoms with Crippen LogP contribution in [-0.2, 0) is 27.6 Å². The molecule has 258 valence electrons. The molecule has 0 radical (unpaired) electrons. The maximum absolute atomic E-state index is 4.05. The Hall–Kier alpha value is 0.353. The number of hydrogen-bond acceptors (Lipinski definition) is 4. The molecule has 4 nitrogen and oxygen atoms in total. The van der Waals surface area contributed by atoms with Gasteiger partial charge in [0.2, 0.25) is 0 Å². The third-order valence-corrected chi connectivity index (χ3v) is 18.4. The third-order valence-electron chi connectivity index (χ3n) is 12.3. The van der Waals surface area contributed by atoms with Gasteiger partial charge in [0.25, 0.3) is 0 Å².